The monoisotopic (exact) mass is 211 g/mol. The van der Waals surface area contributed by atoms with Crippen LogP contribution in [-0.4, -0.2) is 5.91 Å². The van der Waals surface area contributed by atoms with Crippen LogP contribution in [0.5, 0.6) is 0 Å². The molecule has 2 nitrogen and oxygen atoms in total. The van der Waals surface area contributed by atoms with Crippen LogP contribution in [0.1, 0.15) is 20.3 Å². The van der Waals surface area contributed by atoms with E-state index in [1.807, 2.05) is 26.0 Å². The van der Waals surface area contributed by atoms with Gasteiger partial charge in [-0.3, -0.25) is 4.79 Å². The Morgan fingerprint density at radius 3 is 2.86 bits per heavy atom. The first-order chi connectivity index (χ1) is 6.63. The number of carbonyl (C=O) groups excluding carboxylic acids is 1. The van der Waals surface area contributed by atoms with Gasteiger partial charge >= 0.3 is 0 Å². The molecule has 1 aromatic rings. The molecular formula is C11H14ClNO. The predicted octanol–water partition coefficient (Wildman–Crippen LogP) is 3.32. The molecule has 0 aliphatic heterocycles. The van der Waals surface area contributed by atoms with Crippen molar-refractivity contribution in [3.05, 3.63) is 29.3 Å². The lowest BCUT2D eigenvalue weighted by atomic mass is 10.1. The SMILES string of the molecule is CC[C@@H](C)C(=O)Nc1cccc(Cl)c1. The molecule has 14 heavy (non-hydrogen) atoms. The molecule has 1 rings (SSSR count). The number of anilines is 1. The van der Waals surface area contributed by atoms with Gasteiger partial charge in [0.2, 0.25) is 5.91 Å². The number of nitrogens with one attached hydrogen (secondary N) is 1. The van der Waals surface area contributed by atoms with Crippen LogP contribution in [0.25, 0.3) is 0 Å². The van der Waals surface area contributed by atoms with Crippen LogP contribution in [0.3, 0.4) is 0 Å². The van der Waals surface area contributed by atoms with Gasteiger partial charge in [-0.2, -0.15) is 0 Å². The van der Waals surface area contributed by atoms with Gasteiger partial charge in [0, 0.05) is 16.6 Å². The molecule has 0 fully saturated rings. The summed E-state index contributed by atoms with van der Waals surface area (Å²) in [6.45, 7) is 3.89. The van der Waals surface area contributed by atoms with E-state index in [1.54, 1.807) is 12.1 Å². The lowest BCUT2D eigenvalue weighted by Crippen LogP contribution is -2.19. The lowest BCUT2D eigenvalue weighted by molar-refractivity contribution is -0.119. The van der Waals surface area contributed by atoms with E-state index in [9.17, 15) is 4.79 Å². The topological polar surface area (TPSA) is 29.1 Å². The van der Waals surface area contributed by atoms with Gasteiger partial charge in [-0.05, 0) is 24.6 Å². The molecule has 1 amide bonds. The normalized spacial score (nSPS) is 12.2. The van der Waals surface area contributed by atoms with E-state index in [4.69, 9.17) is 11.6 Å². The Bertz CT molecular complexity index is 325. The first-order valence-corrected chi connectivity index (χ1v) is 5.07. The standard InChI is InChI=1S/C11H14ClNO/c1-3-8(2)11(14)13-10-6-4-5-9(12)7-10/h4-8H,3H2,1-2H3,(H,13,14)/t8-/m1/s1. The number of hydrogen-bond donors (Lipinski definition) is 1. The Morgan fingerprint density at radius 2 is 2.29 bits per heavy atom. The highest BCUT2D eigenvalue weighted by atomic mass is 35.5. The molecular weight excluding hydrogens is 198 g/mol. The molecule has 3 heteroatoms. The maximum atomic E-state index is 11.5. The van der Waals surface area contributed by atoms with Gasteiger partial charge in [-0.15, -0.1) is 0 Å². The van der Waals surface area contributed by atoms with E-state index in [0.29, 0.717) is 5.02 Å². The van der Waals surface area contributed by atoms with Crippen molar-refractivity contribution < 1.29 is 4.79 Å². The summed E-state index contributed by atoms with van der Waals surface area (Å²) in [5.41, 5.74) is 0.753. The van der Waals surface area contributed by atoms with Crippen LogP contribution in [0.4, 0.5) is 5.69 Å². The first-order valence-electron chi connectivity index (χ1n) is 4.70. The fraction of sp³-hybridized carbons (Fsp3) is 0.364. The first kappa shape index (κ1) is 11.1. The van der Waals surface area contributed by atoms with Crippen LogP contribution < -0.4 is 5.32 Å². The van der Waals surface area contributed by atoms with Gasteiger partial charge < -0.3 is 5.32 Å². The summed E-state index contributed by atoms with van der Waals surface area (Å²) in [5.74, 6) is 0.0729. The zero-order chi connectivity index (χ0) is 10.6. The molecule has 1 atom stereocenters. The van der Waals surface area contributed by atoms with Crippen LogP contribution in [0.15, 0.2) is 24.3 Å². The second-order valence-electron chi connectivity index (χ2n) is 3.31. The Kier molecular flexibility index (Phi) is 3.96. The number of carbonyl (C=O) groups is 1. The van der Waals surface area contributed by atoms with E-state index in [1.165, 1.54) is 0 Å². The summed E-state index contributed by atoms with van der Waals surface area (Å²) < 4.78 is 0. The van der Waals surface area contributed by atoms with Gasteiger partial charge in [-0.1, -0.05) is 31.5 Å². The van der Waals surface area contributed by atoms with Gasteiger partial charge in [0.1, 0.15) is 0 Å². The number of amides is 1. The van der Waals surface area contributed by atoms with Crippen LogP contribution in [0, 0.1) is 5.92 Å². The Labute approximate surface area is 89.3 Å². The molecule has 0 saturated heterocycles. The zero-order valence-corrected chi connectivity index (χ0v) is 9.14. The van der Waals surface area contributed by atoms with Crippen molar-refractivity contribution in [2.24, 2.45) is 5.92 Å². The van der Waals surface area contributed by atoms with Gasteiger partial charge in [0.05, 0.1) is 0 Å². The summed E-state index contributed by atoms with van der Waals surface area (Å²) in [7, 11) is 0. The highest BCUT2D eigenvalue weighted by molar-refractivity contribution is 6.30. The van der Waals surface area contributed by atoms with Crippen molar-refractivity contribution in [3.63, 3.8) is 0 Å². The highest BCUT2D eigenvalue weighted by Gasteiger charge is 2.09. The number of hydrogen-bond acceptors (Lipinski definition) is 1. The molecule has 76 valence electrons. The minimum Gasteiger partial charge on any atom is -0.326 e. The van der Waals surface area contributed by atoms with Crippen molar-refractivity contribution in [3.8, 4) is 0 Å². The van der Waals surface area contributed by atoms with Crippen LogP contribution in [-0.2, 0) is 4.79 Å². The van der Waals surface area contributed by atoms with Crippen LogP contribution >= 0.6 is 11.6 Å². The third-order valence-corrected chi connectivity index (χ3v) is 2.39. The van der Waals surface area contributed by atoms with E-state index in [0.717, 1.165) is 12.1 Å². The second kappa shape index (κ2) is 5.01. The molecule has 0 aromatic heterocycles. The van der Waals surface area contributed by atoms with E-state index < -0.39 is 0 Å². The number of rotatable bonds is 3. The Balaban J connectivity index is 2.65. The molecule has 0 spiro atoms. The van der Waals surface area contributed by atoms with Crippen molar-refractivity contribution in [1.29, 1.82) is 0 Å². The largest absolute Gasteiger partial charge is 0.326 e. The van der Waals surface area contributed by atoms with Crippen molar-refractivity contribution in [2.45, 2.75) is 20.3 Å². The minimum absolute atomic E-state index is 0.0361. The van der Waals surface area contributed by atoms with Gasteiger partial charge in [-0.25, -0.2) is 0 Å². The maximum absolute atomic E-state index is 11.5. The maximum Gasteiger partial charge on any atom is 0.227 e. The number of halogens is 1. The molecule has 1 N–H and O–H groups in total. The third kappa shape index (κ3) is 3.04. The van der Waals surface area contributed by atoms with Gasteiger partial charge in [0.25, 0.3) is 0 Å². The molecule has 0 aliphatic rings. The number of benzene rings is 1. The molecule has 0 aliphatic carbocycles. The fourth-order valence-corrected chi connectivity index (χ4v) is 1.21. The Morgan fingerprint density at radius 1 is 1.57 bits per heavy atom. The summed E-state index contributed by atoms with van der Waals surface area (Å²) >= 11 is 5.79. The molecule has 0 heterocycles. The molecule has 0 unspecified atom stereocenters. The van der Waals surface area contributed by atoms with Crippen molar-refractivity contribution >= 4 is 23.2 Å². The summed E-state index contributed by atoms with van der Waals surface area (Å²) in [6.07, 6.45) is 0.840. The average Bonchev–Trinajstić information content (AvgIpc) is 2.16. The van der Waals surface area contributed by atoms with E-state index >= 15 is 0 Å². The summed E-state index contributed by atoms with van der Waals surface area (Å²) in [6, 6.07) is 7.16. The Hall–Kier alpha value is -1.02. The third-order valence-electron chi connectivity index (χ3n) is 2.15. The molecule has 0 bridgehead atoms. The van der Waals surface area contributed by atoms with Crippen molar-refractivity contribution in [2.75, 3.05) is 5.32 Å². The highest BCUT2D eigenvalue weighted by Crippen LogP contribution is 2.16. The molecule has 1 aromatic carbocycles. The summed E-state index contributed by atoms with van der Waals surface area (Å²) in [4.78, 5) is 11.5. The minimum atomic E-state index is 0.0361. The fourth-order valence-electron chi connectivity index (χ4n) is 1.02. The molecule has 0 saturated carbocycles. The lowest BCUT2D eigenvalue weighted by Gasteiger charge is -2.09. The van der Waals surface area contributed by atoms with E-state index in [-0.39, 0.29) is 11.8 Å². The quantitative estimate of drug-likeness (QED) is 0.817. The van der Waals surface area contributed by atoms with Crippen molar-refractivity contribution in [1.82, 2.24) is 0 Å². The van der Waals surface area contributed by atoms with E-state index in [2.05, 4.69) is 5.32 Å². The summed E-state index contributed by atoms with van der Waals surface area (Å²) in [5, 5.41) is 3.44. The zero-order valence-electron chi connectivity index (χ0n) is 8.38. The average molecular weight is 212 g/mol. The second-order valence-corrected chi connectivity index (χ2v) is 3.75. The molecule has 0 radical (unpaired) electrons. The predicted molar refractivity (Wildman–Crippen MR) is 59.5 cm³/mol. The smallest absolute Gasteiger partial charge is 0.227 e. The van der Waals surface area contributed by atoms with Gasteiger partial charge in [0.15, 0.2) is 0 Å². The van der Waals surface area contributed by atoms with Crippen LogP contribution in [0.2, 0.25) is 5.02 Å².